The molecular formula is C12H18Cl2FN3O2. The summed E-state index contributed by atoms with van der Waals surface area (Å²) in [5.41, 5.74) is 0.690. The molecule has 1 aliphatic rings. The number of benzene rings is 1. The number of rotatable bonds is 4. The van der Waals surface area contributed by atoms with Crippen LogP contribution < -0.4 is 5.32 Å². The fraction of sp³-hybridized carbons (Fsp3) is 0.500. The molecule has 0 radical (unpaired) electrons. The van der Waals surface area contributed by atoms with E-state index in [1.807, 2.05) is 4.90 Å². The monoisotopic (exact) mass is 325 g/mol. The zero-order valence-corrected chi connectivity index (χ0v) is 12.5. The van der Waals surface area contributed by atoms with E-state index in [-0.39, 0.29) is 36.5 Å². The van der Waals surface area contributed by atoms with E-state index in [0.29, 0.717) is 5.56 Å². The van der Waals surface area contributed by atoms with Gasteiger partial charge < -0.3 is 5.32 Å². The van der Waals surface area contributed by atoms with E-state index in [9.17, 15) is 14.5 Å². The zero-order chi connectivity index (χ0) is 13.0. The van der Waals surface area contributed by atoms with Crippen LogP contribution in [-0.4, -0.2) is 42.7 Å². The van der Waals surface area contributed by atoms with Crippen molar-refractivity contribution in [2.45, 2.75) is 6.04 Å². The summed E-state index contributed by atoms with van der Waals surface area (Å²) in [4.78, 5) is 12.3. The Morgan fingerprint density at radius 1 is 1.35 bits per heavy atom. The lowest BCUT2D eigenvalue weighted by atomic mass is 10.0. The van der Waals surface area contributed by atoms with Crippen molar-refractivity contribution in [3.63, 3.8) is 0 Å². The van der Waals surface area contributed by atoms with E-state index in [2.05, 4.69) is 5.32 Å². The van der Waals surface area contributed by atoms with E-state index in [0.717, 1.165) is 26.2 Å². The van der Waals surface area contributed by atoms with Gasteiger partial charge in [0.2, 0.25) is 0 Å². The highest BCUT2D eigenvalue weighted by molar-refractivity contribution is 5.85. The molecule has 1 N–H and O–H groups in total. The minimum atomic E-state index is -0.527. The summed E-state index contributed by atoms with van der Waals surface area (Å²) in [6.07, 6.45) is 0. The number of hydrogen-bond donors (Lipinski definition) is 1. The van der Waals surface area contributed by atoms with Crippen LogP contribution in [0.1, 0.15) is 11.6 Å². The molecule has 0 amide bonds. The SMILES string of the molecule is Cl.Cl.O=[N+]([O-])c1cccc([C@@H](CF)N2CCNCC2)c1. The van der Waals surface area contributed by atoms with Crippen LogP contribution in [0.5, 0.6) is 0 Å². The Labute approximate surface area is 129 Å². The lowest BCUT2D eigenvalue weighted by Crippen LogP contribution is -2.45. The molecule has 2 rings (SSSR count). The number of nitro benzene ring substituents is 1. The topological polar surface area (TPSA) is 58.4 Å². The van der Waals surface area contributed by atoms with Crippen molar-refractivity contribution in [3.8, 4) is 0 Å². The van der Waals surface area contributed by atoms with Gasteiger partial charge in [0.05, 0.1) is 11.0 Å². The van der Waals surface area contributed by atoms with Crippen LogP contribution in [0.4, 0.5) is 10.1 Å². The van der Waals surface area contributed by atoms with Gasteiger partial charge >= 0.3 is 0 Å². The lowest BCUT2D eigenvalue weighted by molar-refractivity contribution is -0.385. The van der Waals surface area contributed by atoms with Gasteiger partial charge in [0.15, 0.2) is 0 Å². The van der Waals surface area contributed by atoms with Crippen LogP contribution in [0.3, 0.4) is 0 Å². The van der Waals surface area contributed by atoms with E-state index in [4.69, 9.17) is 0 Å². The smallest absolute Gasteiger partial charge is 0.269 e. The van der Waals surface area contributed by atoms with Crippen molar-refractivity contribution in [2.75, 3.05) is 32.9 Å². The average molecular weight is 326 g/mol. The highest BCUT2D eigenvalue weighted by atomic mass is 35.5. The Kier molecular flexibility index (Phi) is 8.64. The molecule has 1 aliphatic heterocycles. The summed E-state index contributed by atoms with van der Waals surface area (Å²) in [5.74, 6) is 0. The fourth-order valence-electron chi connectivity index (χ4n) is 2.24. The molecule has 0 aliphatic carbocycles. The molecule has 20 heavy (non-hydrogen) atoms. The summed E-state index contributed by atoms with van der Waals surface area (Å²) < 4.78 is 13.2. The van der Waals surface area contributed by atoms with Crippen molar-refractivity contribution >= 4 is 30.5 Å². The van der Waals surface area contributed by atoms with Crippen LogP contribution in [0.2, 0.25) is 0 Å². The van der Waals surface area contributed by atoms with Gasteiger partial charge in [0.1, 0.15) is 6.67 Å². The van der Waals surface area contributed by atoms with Gasteiger partial charge in [-0.1, -0.05) is 12.1 Å². The molecule has 0 unspecified atom stereocenters. The Hall–Kier alpha value is -0.950. The second-order valence-electron chi connectivity index (χ2n) is 4.31. The van der Waals surface area contributed by atoms with Crippen LogP contribution in [-0.2, 0) is 0 Å². The van der Waals surface area contributed by atoms with Crippen molar-refractivity contribution in [1.29, 1.82) is 0 Å². The molecule has 1 aromatic carbocycles. The molecule has 0 bridgehead atoms. The first-order valence-corrected chi connectivity index (χ1v) is 5.97. The molecule has 1 saturated heterocycles. The molecule has 1 aromatic rings. The third-order valence-corrected chi connectivity index (χ3v) is 3.20. The molecule has 1 atom stereocenters. The summed E-state index contributed by atoms with van der Waals surface area (Å²) >= 11 is 0. The summed E-state index contributed by atoms with van der Waals surface area (Å²) in [6, 6.07) is 5.87. The Balaban J connectivity index is 0.00000180. The predicted octanol–water partition coefficient (Wildman–Crippen LogP) is 2.35. The molecule has 0 saturated carbocycles. The van der Waals surface area contributed by atoms with Gasteiger partial charge in [-0.3, -0.25) is 15.0 Å². The maximum atomic E-state index is 13.2. The molecule has 0 spiro atoms. The van der Waals surface area contributed by atoms with Crippen LogP contribution in [0.15, 0.2) is 24.3 Å². The van der Waals surface area contributed by atoms with Gasteiger partial charge in [0.25, 0.3) is 5.69 Å². The van der Waals surface area contributed by atoms with Crippen molar-refractivity contribution in [1.82, 2.24) is 10.2 Å². The number of piperazine rings is 1. The lowest BCUT2D eigenvalue weighted by Gasteiger charge is -2.33. The number of alkyl halides is 1. The van der Waals surface area contributed by atoms with Crippen molar-refractivity contribution in [2.24, 2.45) is 0 Å². The minimum absolute atomic E-state index is 0. The van der Waals surface area contributed by atoms with Gasteiger partial charge in [-0.2, -0.15) is 0 Å². The Morgan fingerprint density at radius 2 is 2.00 bits per heavy atom. The van der Waals surface area contributed by atoms with Gasteiger partial charge in [-0.25, -0.2) is 4.39 Å². The maximum Gasteiger partial charge on any atom is 0.269 e. The minimum Gasteiger partial charge on any atom is -0.314 e. The largest absolute Gasteiger partial charge is 0.314 e. The third-order valence-electron chi connectivity index (χ3n) is 3.20. The summed E-state index contributed by atoms with van der Waals surface area (Å²) in [6.45, 7) is 2.65. The van der Waals surface area contributed by atoms with Crippen LogP contribution in [0, 0.1) is 10.1 Å². The number of halogens is 3. The van der Waals surface area contributed by atoms with E-state index in [1.54, 1.807) is 12.1 Å². The Bertz CT molecular complexity index is 431. The van der Waals surface area contributed by atoms with E-state index in [1.165, 1.54) is 12.1 Å². The molecule has 114 valence electrons. The summed E-state index contributed by atoms with van der Waals surface area (Å²) in [5, 5.41) is 13.9. The quantitative estimate of drug-likeness (QED) is 0.682. The number of hydrogen-bond acceptors (Lipinski definition) is 4. The highest BCUT2D eigenvalue weighted by Crippen LogP contribution is 2.25. The summed E-state index contributed by atoms with van der Waals surface area (Å²) in [7, 11) is 0. The highest BCUT2D eigenvalue weighted by Gasteiger charge is 2.23. The number of nitrogens with zero attached hydrogens (tertiary/aromatic N) is 2. The molecular weight excluding hydrogens is 308 g/mol. The van der Waals surface area contributed by atoms with Crippen LogP contribution in [0.25, 0.3) is 0 Å². The maximum absolute atomic E-state index is 13.2. The predicted molar refractivity (Wildman–Crippen MR) is 80.8 cm³/mol. The van der Waals surface area contributed by atoms with E-state index < -0.39 is 11.6 Å². The number of nitrogens with one attached hydrogen (secondary N) is 1. The molecule has 8 heteroatoms. The van der Waals surface area contributed by atoms with E-state index >= 15 is 0 Å². The zero-order valence-electron chi connectivity index (χ0n) is 10.8. The van der Waals surface area contributed by atoms with Crippen molar-refractivity contribution in [3.05, 3.63) is 39.9 Å². The third kappa shape index (κ3) is 4.56. The number of non-ortho nitro benzene ring substituents is 1. The average Bonchev–Trinajstić information content (AvgIpc) is 2.41. The standard InChI is InChI=1S/C12H16FN3O2.2ClH/c13-9-12(15-6-4-14-5-7-15)10-2-1-3-11(8-10)16(17)18;;/h1-3,8,12,14H,4-7,9H2;2*1H/t12-;;/m1../s1. The fourth-order valence-corrected chi connectivity index (χ4v) is 2.24. The van der Waals surface area contributed by atoms with Gasteiger partial charge in [0, 0.05) is 38.3 Å². The normalized spacial score (nSPS) is 16.6. The number of nitro groups is 1. The molecule has 1 fully saturated rings. The van der Waals surface area contributed by atoms with Crippen molar-refractivity contribution < 1.29 is 9.31 Å². The second-order valence-corrected chi connectivity index (χ2v) is 4.31. The molecule has 0 aromatic heterocycles. The second kappa shape index (κ2) is 9.07. The Morgan fingerprint density at radius 3 is 2.55 bits per heavy atom. The molecule has 5 nitrogen and oxygen atoms in total. The van der Waals surface area contributed by atoms with Gasteiger partial charge in [-0.05, 0) is 5.56 Å². The van der Waals surface area contributed by atoms with Gasteiger partial charge in [-0.15, -0.1) is 24.8 Å². The molecule has 1 heterocycles. The first-order valence-electron chi connectivity index (χ1n) is 5.97. The first kappa shape index (κ1) is 19.1. The van der Waals surface area contributed by atoms with Crippen LogP contribution >= 0.6 is 24.8 Å². The first-order chi connectivity index (χ1) is 8.72.